The van der Waals surface area contributed by atoms with Gasteiger partial charge in [0, 0.05) is 16.7 Å². The number of carboxylic acid groups (broad SMARTS) is 1. The van der Waals surface area contributed by atoms with E-state index in [9.17, 15) is 4.79 Å². The number of fused-ring (bicyclic) bond motifs is 1. The van der Waals surface area contributed by atoms with Gasteiger partial charge in [-0.05, 0) is 18.1 Å². The number of aryl methyl sites for hydroxylation is 1. The largest absolute Gasteiger partial charge is 0.481 e. The van der Waals surface area contributed by atoms with E-state index in [1.807, 2.05) is 0 Å². The fraction of sp³-hybridized carbons (Fsp3) is 0.417. The van der Waals surface area contributed by atoms with Gasteiger partial charge in [-0.15, -0.1) is 11.8 Å². The van der Waals surface area contributed by atoms with Crippen LogP contribution in [0.25, 0.3) is 0 Å². The number of aliphatic carboxylic acids is 1. The molecule has 1 unspecified atom stereocenters. The van der Waals surface area contributed by atoms with Crippen LogP contribution in [-0.4, -0.2) is 22.9 Å². The molecule has 1 aliphatic heterocycles. The van der Waals surface area contributed by atoms with Crippen LogP contribution in [-0.2, 0) is 11.2 Å². The molecular formula is C12H15NO2S. The minimum absolute atomic E-state index is 0.0442. The van der Waals surface area contributed by atoms with Crippen LogP contribution in [0.2, 0.25) is 0 Å². The molecule has 4 heteroatoms. The SMILES string of the molecule is CCc1cccc2c1NC(CC(=O)O)CS2. The molecule has 2 rings (SSSR count). The van der Waals surface area contributed by atoms with Crippen molar-refractivity contribution in [2.75, 3.05) is 11.1 Å². The average Bonchev–Trinajstić information content (AvgIpc) is 2.27. The molecule has 1 atom stereocenters. The Kier molecular flexibility index (Phi) is 3.39. The summed E-state index contributed by atoms with van der Waals surface area (Å²) in [7, 11) is 0. The van der Waals surface area contributed by atoms with E-state index in [1.54, 1.807) is 11.8 Å². The summed E-state index contributed by atoms with van der Waals surface area (Å²) in [5.41, 5.74) is 2.40. The number of hydrogen-bond acceptors (Lipinski definition) is 3. The number of carbonyl (C=O) groups is 1. The monoisotopic (exact) mass is 237 g/mol. The van der Waals surface area contributed by atoms with E-state index in [0.717, 1.165) is 17.9 Å². The van der Waals surface area contributed by atoms with Crippen molar-refractivity contribution in [1.29, 1.82) is 0 Å². The lowest BCUT2D eigenvalue weighted by atomic mass is 10.1. The van der Waals surface area contributed by atoms with Crippen LogP contribution in [0, 0.1) is 0 Å². The van der Waals surface area contributed by atoms with Crippen molar-refractivity contribution in [1.82, 2.24) is 0 Å². The van der Waals surface area contributed by atoms with Crippen molar-refractivity contribution >= 4 is 23.4 Å². The number of rotatable bonds is 3. The number of carboxylic acids is 1. The van der Waals surface area contributed by atoms with Gasteiger partial charge in [0.05, 0.1) is 12.1 Å². The molecule has 0 saturated carbocycles. The van der Waals surface area contributed by atoms with Gasteiger partial charge in [-0.1, -0.05) is 19.1 Å². The van der Waals surface area contributed by atoms with Gasteiger partial charge >= 0.3 is 5.97 Å². The summed E-state index contributed by atoms with van der Waals surface area (Å²) in [4.78, 5) is 11.9. The molecule has 0 spiro atoms. The number of hydrogen-bond donors (Lipinski definition) is 2. The van der Waals surface area contributed by atoms with Crippen LogP contribution in [0.3, 0.4) is 0 Å². The standard InChI is InChI=1S/C12H15NO2S/c1-2-8-4-3-5-10-12(8)13-9(7-16-10)6-11(14)15/h3-5,9,13H,2,6-7H2,1H3,(H,14,15). The molecule has 0 radical (unpaired) electrons. The van der Waals surface area contributed by atoms with Gasteiger partial charge in [-0.3, -0.25) is 4.79 Å². The third-order valence-electron chi connectivity index (χ3n) is 2.70. The second-order valence-electron chi connectivity index (χ2n) is 3.89. The third kappa shape index (κ3) is 2.32. The molecule has 1 aromatic rings. The summed E-state index contributed by atoms with van der Waals surface area (Å²) in [5.74, 6) is 0.0856. The van der Waals surface area contributed by atoms with Crippen molar-refractivity contribution in [2.24, 2.45) is 0 Å². The quantitative estimate of drug-likeness (QED) is 0.848. The van der Waals surface area contributed by atoms with E-state index in [1.165, 1.54) is 10.5 Å². The van der Waals surface area contributed by atoms with Gasteiger partial charge in [0.25, 0.3) is 0 Å². The van der Waals surface area contributed by atoms with Crippen molar-refractivity contribution in [3.05, 3.63) is 23.8 Å². The Morgan fingerprint density at radius 2 is 2.44 bits per heavy atom. The van der Waals surface area contributed by atoms with Crippen LogP contribution in [0.5, 0.6) is 0 Å². The van der Waals surface area contributed by atoms with E-state index in [-0.39, 0.29) is 12.5 Å². The summed E-state index contributed by atoms with van der Waals surface area (Å²) in [6.45, 7) is 2.11. The first-order valence-electron chi connectivity index (χ1n) is 5.43. The molecule has 1 heterocycles. The smallest absolute Gasteiger partial charge is 0.305 e. The minimum atomic E-state index is -0.740. The van der Waals surface area contributed by atoms with Crippen LogP contribution >= 0.6 is 11.8 Å². The number of benzene rings is 1. The average molecular weight is 237 g/mol. The molecule has 0 aliphatic carbocycles. The van der Waals surface area contributed by atoms with Crippen molar-refractivity contribution in [3.63, 3.8) is 0 Å². The second-order valence-corrected chi connectivity index (χ2v) is 4.96. The molecular weight excluding hydrogens is 222 g/mol. The highest BCUT2D eigenvalue weighted by Gasteiger charge is 2.21. The maximum absolute atomic E-state index is 10.7. The Morgan fingerprint density at radius 1 is 1.62 bits per heavy atom. The lowest BCUT2D eigenvalue weighted by Gasteiger charge is -2.27. The number of para-hydroxylation sites is 1. The highest BCUT2D eigenvalue weighted by Crippen LogP contribution is 2.36. The van der Waals surface area contributed by atoms with E-state index in [2.05, 4.69) is 30.4 Å². The topological polar surface area (TPSA) is 49.3 Å². The highest BCUT2D eigenvalue weighted by atomic mass is 32.2. The molecule has 3 nitrogen and oxygen atoms in total. The molecule has 1 aromatic carbocycles. The molecule has 0 fully saturated rings. The lowest BCUT2D eigenvalue weighted by molar-refractivity contribution is -0.137. The van der Waals surface area contributed by atoms with Gasteiger partial charge in [0.15, 0.2) is 0 Å². The number of nitrogens with one attached hydrogen (secondary N) is 1. The van der Waals surface area contributed by atoms with Crippen LogP contribution in [0.15, 0.2) is 23.1 Å². The zero-order valence-corrected chi connectivity index (χ0v) is 10.0. The van der Waals surface area contributed by atoms with Gasteiger partial charge in [0.2, 0.25) is 0 Å². The third-order valence-corrected chi connectivity index (χ3v) is 3.92. The van der Waals surface area contributed by atoms with Gasteiger partial charge in [0.1, 0.15) is 0 Å². The van der Waals surface area contributed by atoms with Crippen molar-refractivity contribution < 1.29 is 9.90 Å². The zero-order chi connectivity index (χ0) is 11.5. The molecule has 0 aromatic heterocycles. The minimum Gasteiger partial charge on any atom is -0.481 e. The first-order chi connectivity index (χ1) is 7.70. The molecule has 0 amide bonds. The lowest BCUT2D eigenvalue weighted by Crippen LogP contribution is -2.29. The van der Waals surface area contributed by atoms with E-state index < -0.39 is 5.97 Å². The Bertz CT molecular complexity index is 392. The van der Waals surface area contributed by atoms with Gasteiger partial charge < -0.3 is 10.4 Å². The molecule has 0 saturated heterocycles. The second kappa shape index (κ2) is 4.78. The van der Waals surface area contributed by atoms with E-state index in [0.29, 0.717) is 0 Å². The molecule has 0 bridgehead atoms. The maximum Gasteiger partial charge on any atom is 0.305 e. The summed E-state index contributed by atoms with van der Waals surface area (Å²) in [6.07, 6.45) is 1.15. The predicted octanol–water partition coefficient (Wildman–Crippen LogP) is 2.61. The summed E-state index contributed by atoms with van der Waals surface area (Å²) >= 11 is 1.74. The summed E-state index contributed by atoms with van der Waals surface area (Å²) in [5, 5.41) is 12.1. The Balaban J connectivity index is 2.21. The molecule has 2 N–H and O–H groups in total. The summed E-state index contributed by atoms with van der Waals surface area (Å²) in [6, 6.07) is 6.28. The number of anilines is 1. The van der Waals surface area contributed by atoms with Gasteiger partial charge in [-0.2, -0.15) is 0 Å². The van der Waals surface area contributed by atoms with Crippen LogP contribution in [0.4, 0.5) is 5.69 Å². The highest BCUT2D eigenvalue weighted by molar-refractivity contribution is 7.99. The fourth-order valence-electron chi connectivity index (χ4n) is 1.91. The molecule has 86 valence electrons. The van der Waals surface area contributed by atoms with E-state index >= 15 is 0 Å². The van der Waals surface area contributed by atoms with Gasteiger partial charge in [-0.25, -0.2) is 0 Å². The fourth-order valence-corrected chi connectivity index (χ4v) is 3.00. The Morgan fingerprint density at radius 3 is 3.12 bits per heavy atom. The van der Waals surface area contributed by atoms with Crippen molar-refractivity contribution in [3.8, 4) is 0 Å². The van der Waals surface area contributed by atoms with Crippen LogP contribution in [0.1, 0.15) is 18.9 Å². The normalized spacial score (nSPS) is 18.7. The Labute approximate surface area is 99.2 Å². The predicted molar refractivity (Wildman–Crippen MR) is 66.2 cm³/mol. The summed E-state index contributed by atoms with van der Waals surface area (Å²) < 4.78 is 0. The zero-order valence-electron chi connectivity index (χ0n) is 9.19. The first-order valence-corrected chi connectivity index (χ1v) is 6.42. The van der Waals surface area contributed by atoms with Crippen LogP contribution < -0.4 is 5.32 Å². The maximum atomic E-state index is 10.7. The van der Waals surface area contributed by atoms with E-state index in [4.69, 9.17) is 5.11 Å². The Hall–Kier alpha value is -1.16. The first kappa shape index (κ1) is 11.3. The number of thioether (sulfide) groups is 1. The van der Waals surface area contributed by atoms with Crippen molar-refractivity contribution in [2.45, 2.75) is 30.7 Å². The molecule has 1 aliphatic rings. The molecule has 16 heavy (non-hydrogen) atoms.